The molecular weight excluding hydrogens is 334 g/mol. The number of nitrogens with zero attached hydrogens (tertiary/aromatic N) is 1. The molecule has 140 valence electrons. The Morgan fingerprint density at radius 1 is 1.04 bits per heavy atom. The Morgan fingerprint density at radius 2 is 1.70 bits per heavy atom. The molecule has 3 heteroatoms. The zero-order valence-corrected chi connectivity index (χ0v) is 16.1. The molecule has 1 atom stereocenters. The van der Waals surface area contributed by atoms with Crippen LogP contribution in [-0.4, -0.2) is 22.1 Å². The van der Waals surface area contributed by atoms with Crippen molar-refractivity contribution < 1.29 is 9.90 Å². The molecule has 1 unspecified atom stereocenters. The number of aryl methyl sites for hydroxylation is 2. The molecule has 1 aliphatic rings. The van der Waals surface area contributed by atoms with Crippen LogP contribution < -0.4 is 0 Å². The smallest absolute Gasteiger partial charge is 0.409 e. The van der Waals surface area contributed by atoms with E-state index in [1.807, 2.05) is 55.5 Å². The number of carbonyl (C=O) groups is 1. The molecule has 27 heavy (non-hydrogen) atoms. The molecule has 1 N–H and O–H groups in total. The van der Waals surface area contributed by atoms with Crippen molar-refractivity contribution in [3.63, 3.8) is 0 Å². The van der Waals surface area contributed by atoms with E-state index in [0.29, 0.717) is 0 Å². The van der Waals surface area contributed by atoms with Gasteiger partial charge < -0.3 is 5.11 Å². The molecule has 3 nitrogen and oxygen atoms in total. The molecule has 1 fully saturated rings. The Bertz CT molecular complexity index is 846. The SMILES string of the molecule is C#CC(c1ccccc1)(c1ccc(C)c(C)c1)N(C(=O)O)C1CCCCC1. The lowest BCUT2D eigenvalue weighted by Crippen LogP contribution is -2.54. The Labute approximate surface area is 162 Å². The molecule has 0 bridgehead atoms. The summed E-state index contributed by atoms with van der Waals surface area (Å²) < 4.78 is 0. The van der Waals surface area contributed by atoms with E-state index >= 15 is 0 Å². The lowest BCUT2D eigenvalue weighted by atomic mass is 9.78. The van der Waals surface area contributed by atoms with Crippen LogP contribution in [0.15, 0.2) is 48.5 Å². The second kappa shape index (κ2) is 7.88. The van der Waals surface area contributed by atoms with Crippen molar-refractivity contribution in [3.05, 3.63) is 70.8 Å². The molecule has 0 saturated heterocycles. The lowest BCUT2D eigenvalue weighted by molar-refractivity contribution is 0.0718. The first-order chi connectivity index (χ1) is 13.0. The number of hydrogen-bond acceptors (Lipinski definition) is 1. The summed E-state index contributed by atoms with van der Waals surface area (Å²) in [5, 5.41) is 10.3. The van der Waals surface area contributed by atoms with Gasteiger partial charge in [-0.25, -0.2) is 4.79 Å². The molecule has 0 aliphatic heterocycles. The van der Waals surface area contributed by atoms with Crippen molar-refractivity contribution >= 4 is 6.09 Å². The maximum absolute atomic E-state index is 12.5. The van der Waals surface area contributed by atoms with Crippen molar-refractivity contribution in [1.82, 2.24) is 4.90 Å². The monoisotopic (exact) mass is 361 g/mol. The third kappa shape index (κ3) is 3.45. The van der Waals surface area contributed by atoms with Crippen LogP contribution in [0.25, 0.3) is 0 Å². The van der Waals surface area contributed by atoms with Gasteiger partial charge in [-0.15, -0.1) is 6.42 Å². The van der Waals surface area contributed by atoms with Gasteiger partial charge in [0.15, 0.2) is 5.54 Å². The van der Waals surface area contributed by atoms with Crippen LogP contribution >= 0.6 is 0 Å². The van der Waals surface area contributed by atoms with E-state index in [-0.39, 0.29) is 6.04 Å². The van der Waals surface area contributed by atoms with Gasteiger partial charge in [-0.05, 0) is 48.9 Å². The molecular formula is C24H27NO2. The van der Waals surface area contributed by atoms with Crippen molar-refractivity contribution in [1.29, 1.82) is 0 Å². The zero-order valence-electron chi connectivity index (χ0n) is 16.1. The summed E-state index contributed by atoms with van der Waals surface area (Å²) in [6.07, 6.45) is 10.1. The fourth-order valence-corrected chi connectivity index (χ4v) is 4.24. The number of hydrogen-bond donors (Lipinski definition) is 1. The average Bonchev–Trinajstić information content (AvgIpc) is 2.69. The zero-order chi connectivity index (χ0) is 19.4. The van der Waals surface area contributed by atoms with Gasteiger partial charge >= 0.3 is 6.09 Å². The number of benzene rings is 2. The van der Waals surface area contributed by atoms with Gasteiger partial charge in [0.25, 0.3) is 0 Å². The molecule has 2 aromatic rings. The number of rotatable bonds is 4. The van der Waals surface area contributed by atoms with E-state index in [2.05, 4.69) is 12.8 Å². The quantitative estimate of drug-likeness (QED) is 0.731. The van der Waals surface area contributed by atoms with Crippen LogP contribution in [0.1, 0.15) is 54.4 Å². The van der Waals surface area contributed by atoms with Crippen LogP contribution in [0.5, 0.6) is 0 Å². The average molecular weight is 361 g/mol. The summed E-state index contributed by atoms with van der Waals surface area (Å²) >= 11 is 0. The van der Waals surface area contributed by atoms with E-state index in [1.165, 1.54) is 0 Å². The lowest BCUT2D eigenvalue weighted by Gasteiger charge is -2.45. The minimum atomic E-state index is -1.13. The highest BCUT2D eigenvalue weighted by Crippen LogP contribution is 2.40. The maximum Gasteiger partial charge on any atom is 0.409 e. The Kier molecular flexibility index (Phi) is 5.56. The summed E-state index contributed by atoms with van der Waals surface area (Å²) in [4.78, 5) is 14.1. The van der Waals surface area contributed by atoms with Crippen LogP contribution in [0.3, 0.4) is 0 Å². The van der Waals surface area contributed by atoms with E-state index in [4.69, 9.17) is 6.42 Å². The van der Waals surface area contributed by atoms with E-state index in [0.717, 1.165) is 54.4 Å². The van der Waals surface area contributed by atoms with Gasteiger partial charge in [0.05, 0.1) is 0 Å². The highest BCUT2D eigenvalue weighted by molar-refractivity contribution is 5.70. The van der Waals surface area contributed by atoms with Gasteiger partial charge in [-0.3, -0.25) is 4.90 Å². The molecule has 0 radical (unpaired) electrons. The van der Waals surface area contributed by atoms with Crippen molar-refractivity contribution in [2.75, 3.05) is 0 Å². The second-order valence-corrected chi connectivity index (χ2v) is 7.46. The highest BCUT2D eigenvalue weighted by Gasteiger charge is 2.45. The first-order valence-corrected chi connectivity index (χ1v) is 9.64. The summed E-state index contributed by atoms with van der Waals surface area (Å²) in [6, 6.07) is 15.6. The summed E-state index contributed by atoms with van der Waals surface area (Å²) in [7, 11) is 0. The van der Waals surface area contributed by atoms with E-state index < -0.39 is 11.6 Å². The summed E-state index contributed by atoms with van der Waals surface area (Å²) in [5.74, 6) is 2.92. The molecule has 2 aromatic carbocycles. The second-order valence-electron chi connectivity index (χ2n) is 7.46. The summed E-state index contributed by atoms with van der Waals surface area (Å²) in [5.41, 5.74) is 2.80. The fourth-order valence-electron chi connectivity index (χ4n) is 4.24. The number of carboxylic acid groups (broad SMARTS) is 1. The van der Waals surface area contributed by atoms with Crippen molar-refractivity contribution in [2.24, 2.45) is 0 Å². The minimum Gasteiger partial charge on any atom is -0.465 e. The Balaban J connectivity index is 2.26. The third-order valence-corrected chi connectivity index (χ3v) is 5.83. The molecule has 1 aliphatic carbocycles. The largest absolute Gasteiger partial charge is 0.465 e. The van der Waals surface area contributed by atoms with Gasteiger partial charge in [0, 0.05) is 6.04 Å². The predicted octanol–water partition coefficient (Wildman–Crippen LogP) is 5.49. The Morgan fingerprint density at radius 3 is 2.26 bits per heavy atom. The van der Waals surface area contributed by atoms with E-state index in [1.54, 1.807) is 4.90 Å². The normalized spacial score (nSPS) is 16.9. The molecule has 0 aromatic heterocycles. The van der Waals surface area contributed by atoms with Crippen LogP contribution in [0.2, 0.25) is 0 Å². The third-order valence-electron chi connectivity index (χ3n) is 5.83. The van der Waals surface area contributed by atoms with Gasteiger partial charge in [0.1, 0.15) is 0 Å². The van der Waals surface area contributed by atoms with Crippen LogP contribution in [-0.2, 0) is 5.54 Å². The molecule has 1 saturated carbocycles. The maximum atomic E-state index is 12.5. The van der Waals surface area contributed by atoms with Crippen LogP contribution in [0.4, 0.5) is 4.79 Å². The van der Waals surface area contributed by atoms with Crippen molar-refractivity contribution in [3.8, 4) is 12.3 Å². The Hall–Kier alpha value is -2.73. The number of terminal acetylenes is 1. The molecule has 1 amide bonds. The van der Waals surface area contributed by atoms with Crippen molar-refractivity contribution in [2.45, 2.75) is 57.5 Å². The standard InChI is InChI=1S/C24H27NO2/c1-4-24(20-11-7-5-8-12-20,21-16-15-18(2)19(3)17-21)25(23(26)27)22-13-9-6-10-14-22/h1,5,7-8,11-12,15-17,22H,6,9-10,13-14H2,2-3H3,(H,26,27). The first-order valence-electron chi connectivity index (χ1n) is 9.64. The first kappa shape index (κ1) is 19.0. The van der Waals surface area contributed by atoms with Gasteiger partial charge in [0.2, 0.25) is 0 Å². The molecule has 0 spiro atoms. The predicted molar refractivity (Wildman–Crippen MR) is 109 cm³/mol. The fraction of sp³-hybridized carbons (Fsp3) is 0.375. The van der Waals surface area contributed by atoms with Gasteiger partial charge in [-0.2, -0.15) is 0 Å². The molecule has 3 rings (SSSR count). The number of amides is 1. The minimum absolute atomic E-state index is 0.0749. The molecule has 0 heterocycles. The van der Waals surface area contributed by atoms with E-state index in [9.17, 15) is 9.90 Å². The topological polar surface area (TPSA) is 40.5 Å². The van der Waals surface area contributed by atoms with Gasteiger partial charge in [-0.1, -0.05) is 73.7 Å². The van der Waals surface area contributed by atoms with Crippen LogP contribution in [0, 0.1) is 26.2 Å². The summed E-state index contributed by atoms with van der Waals surface area (Å²) in [6.45, 7) is 4.09. The highest BCUT2D eigenvalue weighted by atomic mass is 16.4.